The molecule has 0 spiro atoms. The summed E-state index contributed by atoms with van der Waals surface area (Å²) in [5.41, 5.74) is 1.13. The van der Waals surface area contributed by atoms with Crippen LogP contribution in [0.15, 0.2) is 21.1 Å². The van der Waals surface area contributed by atoms with Gasteiger partial charge in [0.15, 0.2) is 0 Å². The first kappa shape index (κ1) is 18.2. The maximum atomic E-state index is 5.64. The Morgan fingerprint density at radius 1 is 1.28 bits per heavy atom. The zero-order valence-electron chi connectivity index (χ0n) is 10.5. The molecule has 18 heavy (non-hydrogen) atoms. The Balaban J connectivity index is 0.00000289. The van der Waals surface area contributed by atoms with E-state index in [4.69, 9.17) is 9.47 Å². The lowest BCUT2D eigenvalue weighted by atomic mass is 10.2. The second-order valence-electron chi connectivity index (χ2n) is 3.48. The molecule has 0 radical (unpaired) electrons. The van der Waals surface area contributed by atoms with Crippen LogP contribution in [0.2, 0.25) is 0 Å². The van der Waals surface area contributed by atoms with E-state index in [0.717, 1.165) is 33.3 Å². The van der Waals surface area contributed by atoms with Crippen molar-refractivity contribution >= 4 is 44.3 Å². The van der Waals surface area contributed by atoms with Crippen LogP contribution in [0.4, 0.5) is 0 Å². The van der Waals surface area contributed by atoms with Gasteiger partial charge in [-0.15, -0.1) is 12.4 Å². The molecule has 0 saturated carbocycles. The third kappa shape index (κ3) is 5.89. The molecule has 0 saturated heterocycles. The summed E-state index contributed by atoms with van der Waals surface area (Å²) in [6.07, 6.45) is 0. The molecule has 0 atom stereocenters. The highest BCUT2D eigenvalue weighted by atomic mass is 79.9. The van der Waals surface area contributed by atoms with Crippen molar-refractivity contribution in [2.75, 3.05) is 26.9 Å². The number of methoxy groups -OCH3 is 1. The molecular weight excluding hydrogens is 385 g/mol. The molecule has 0 aromatic heterocycles. The molecular formula is C12H18Br2ClNO2. The summed E-state index contributed by atoms with van der Waals surface area (Å²) in [6, 6.07) is 4.05. The van der Waals surface area contributed by atoms with Crippen molar-refractivity contribution < 1.29 is 9.47 Å². The number of benzene rings is 1. The molecule has 0 bridgehead atoms. The van der Waals surface area contributed by atoms with Crippen LogP contribution in [0, 0.1) is 0 Å². The largest absolute Gasteiger partial charge is 0.492 e. The van der Waals surface area contributed by atoms with E-state index < -0.39 is 0 Å². The third-order valence-corrected chi connectivity index (χ3v) is 3.22. The van der Waals surface area contributed by atoms with Gasteiger partial charge >= 0.3 is 0 Å². The van der Waals surface area contributed by atoms with Crippen LogP contribution in [-0.4, -0.2) is 26.9 Å². The quantitative estimate of drug-likeness (QED) is 0.703. The molecule has 1 aromatic carbocycles. The summed E-state index contributed by atoms with van der Waals surface area (Å²) in [6.45, 7) is 4.93. The molecule has 0 aliphatic rings. The summed E-state index contributed by atoms with van der Waals surface area (Å²) in [7, 11) is 1.70. The van der Waals surface area contributed by atoms with Crippen LogP contribution in [0.5, 0.6) is 5.75 Å². The van der Waals surface area contributed by atoms with Gasteiger partial charge < -0.3 is 14.8 Å². The van der Waals surface area contributed by atoms with E-state index in [1.807, 2.05) is 13.0 Å². The molecule has 0 heterocycles. The molecule has 0 amide bonds. The van der Waals surface area contributed by atoms with Gasteiger partial charge in [-0.3, -0.25) is 0 Å². The van der Waals surface area contributed by atoms with Gasteiger partial charge in [-0.05, 0) is 35.0 Å². The van der Waals surface area contributed by atoms with E-state index >= 15 is 0 Å². The topological polar surface area (TPSA) is 30.5 Å². The van der Waals surface area contributed by atoms with Crippen molar-refractivity contribution in [3.8, 4) is 5.75 Å². The van der Waals surface area contributed by atoms with Crippen LogP contribution < -0.4 is 10.1 Å². The van der Waals surface area contributed by atoms with Gasteiger partial charge in [0.25, 0.3) is 0 Å². The Morgan fingerprint density at radius 2 is 2.00 bits per heavy atom. The zero-order valence-corrected chi connectivity index (χ0v) is 14.5. The van der Waals surface area contributed by atoms with Crippen LogP contribution in [0.3, 0.4) is 0 Å². The molecule has 1 aromatic rings. The fourth-order valence-corrected chi connectivity index (χ4v) is 2.88. The lowest BCUT2D eigenvalue weighted by Crippen LogP contribution is -2.19. The highest BCUT2D eigenvalue weighted by Gasteiger charge is 2.09. The lowest BCUT2D eigenvalue weighted by molar-refractivity contribution is 0.199. The smallest absolute Gasteiger partial charge is 0.138 e. The van der Waals surface area contributed by atoms with E-state index in [1.54, 1.807) is 7.11 Å². The molecule has 1 N–H and O–H groups in total. The van der Waals surface area contributed by atoms with Crippen molar-refractivity contribution in [3.63, 3.8) is 0 Å². The van der Waals surface area contributed by atoms with Crippen molar-refractivity contribution in [1.29, 1.82) is 0 Å². The average Bonchev–Trinajstić information content (AvgIpc) is 2.29. The monoisotopic (exact) mass is 401 g/mol. The van der Waals surface area contributed by atoms with Crippen LogP contribution in [0.1, 0.15) is 12.5 Å². The fraction of sp³-hybridized carbons (Fsp3) is 0.500. The standard InChI is InChI=1S/C12H17Br2NO2.ClH/c1-3-17-12-9(8-15-4-5-16-2)6-10(13)7-11(12)14;/h6-7,15H,3-5,8H2,1-2H3;1H. The van der Waals surface area contributed by atoms with E-state index in [2.05, 4.69) is 43.2 Å². The van der Waals surface area contributed by atoms with E-state index in [-0.39, 0.29) is 12.4 Å². The predicted octanol–water partition coefficient (Wildman–Crippen LogP) is 3.77. The molecule has 104 valence electrons. The number of hydrogen-bond acceptors (Lipinski definition) is 3. The van der Waals surface area contributed by atoms with Crippen molar-refractivity contribution in [2.45, 2.75) is 13.5 Å². The second kappa shape index (κ2) is 10.0. The average molecular weight is 404 g/mol. The number of halogens is 3. The molecule has 6 heteroatoms. The third-order valence-electron chi connectivity index (χ3n) is 2.17. The highest BCUT2D eigenvalue weighted by molar-refractivity contribution is 9.11. The molecule has 3 nitrogen and oxygen atoms in total. The van der Waals surface area contributed by atoms with Gasteiger partial charge in [0.2, 0.25) is 0 Å². The molecule has 0 aliphatic heterocycles. The van der Waals surface area contributed by atoms with Gasteiger partial charge in [-0.1, -0.05) is 15.9 Å². The zero-order chi connectivity index (χ0) is 12.7. The SMILES string of the molecule is CCOc1c(Br)cc(Br)cc1CNCCOC.Cl. The first-order valence-corrected chi connectivity index (χ1v) is 7.08. The summed E-state index contributed by atoms with van der Waals surface area (Å²) in [4.78, 5) is 0. The first-order chi connectivity index (χ1) is 8.19. The maximum Gasteiger partial charge on any atom is 0.138 e. The number of rotatable bonds is 7. The van der Waals surface area contributed by atoms with Crippen LogP contribution >= 0.6 is 44.3 Å². The van der Waals surface area contributed by atoms with Gasteiger partial charge in [0, 0.05) is 30.2 Å². The summed E-state index contributed by atoms with van der Waals surface area (Å²) in [5.74, 6) is 0.903. The summed E-state index contributed by atoms with van der Waals surface area (Å²) >= 11 is 7.00. The molecule has 1 rings (SSSR count). The van der Waals surface area contributed by atoms with E-state index in [1.165, 1.54) is 0 Å². The van der Waals surface area contributed by atoms with E-state index in [9.17, 15) is 0 Å². The van der Waals surface area contributed by atoms with Gasteiger partial charge in [-0.2, -0.15) is 0 Å². The Bertz CT molecular complexity index is 364. The van der Waals surface area contributed by atoms with Crippen molar-refractivity contribution in [3.05, 3.63) is 26.6 Å². The fourth-order valence-electron chi connectivity index (χ4n) is 1.45. The Hall–Kier alpha value is 0.190. The van der Waals surface area contributed by atoms with E-state index in [0.29, 0.717) is 13.2 Å². The minimum absolute atomic E-state index is 0. The normalized spacial score (nSPS) is 10.0. The Kier molecular flexibility index (Phi) is 10.1. The van der Waals surface area contributed by atoms with Crippen LogP contribution in [0.25, 0.3) is 0 Å². The predicted molar refractivity (Wildman–Crippen MR) is 83.8 cm³/mol. The number of ether oxygens (including phenoxy) is 2. The number of hydrogen-bond donors (Lipinski definition) is 1. The number of nitrogens with one attached hydrogen (secondary N) is 1. The molecule has 0 aliphatic carbocycles. The van der Waals surface area contributed by atoms with Gasteiger partial charge in [0.05, 0.1) is 17.7 Å². The first-order valence-electron chi connectivity index (χ1n) is 5.49. The Morgan fingerprint density at radius 3 is 2.61 bits per heavy atom. The van der Waals surface area contributed by atoms with Crippen LogP contribution in [-0.2, 0) is 11.3 Å². The van der Waals surface area contributed by atoms with Crippen molar-refractivity contribution in [1.82, 2.24) is 5.32 Å². The van der Waals surface area contributed by atoms with Crippen molar-refractivity contribution in [2.24, 2.45) is 0 Å². The minimum Gasteiger partial charge on any atom is -0.492 e. The molecule has 0 fully saturated rings. The maximum absolute atomic E-state index is 5.64. The summed E-state index contributed by atoms with van der Waals surface area (Å²) in [5, 5.41) is 3.31. The Labute approximate surface area is 131 Å². The second-order valence-corrected chi connectivity index (χ2v) is 5.25. The minimum atomic E-state index is 0. The van der Waals surface area contributed by atoms with Gasteiger partial charge in [-0.25, -0.2) is 0 Å². The lowest BCUT2D eigenvalue weighted by Gasteiger charge is -2.13. The highest BCUT2D eigenvalue weighted by Crippen LogP contribution is 2.32. The van der Waals surface area contributed by atoms with Gasteiger partial charge in [0.1, 0.15) is 5.75 Å². The molecule has 0 unspecified atom stereocenters. The summed E-state index contributed by atoms with van der Waals surface area (Å²) < 4.78 is 12.6.